The first-order valence-electron chi connectivity index (χ1n) is 7.70. The van der Waals surface area contributed by atoms with Crippen LogP contribution in [-0.2, 0) is 9.59 Å². The highest BCUT2D eigenvalue weighted by Crippen LogP contribution is 2.25. The van der Waals surface area contributed by atoms with Crippen LogP contribution in [0.15, 0.2) is 24.3 Å². The molecule has 126 valence electrons. The second-order valence-corrected chi connectivity index (χ2v) is 5.56. The minimum Gasteiger partial charge on any atom is -0.497 e. The van der Waals surface area contributed by atoms with Gasteiger partial charge < -0.3 is 14.7 Å². The van der Waals surface area contributed by atoms with E-state index in [9.17, 15) is 9.59 Å². The highest BCUT2D eigenvalue weighted by Gasteiger charge is 2.33. The number of hydrogen-bond acceptors (Lipinski definition) is 5. The number of ether oxygens (including phenoxy) is 1. The molecule has 1 aromatic rings. The lowest BCUT2D eigenvalue weighted by Crippen LogP contribution is -2.47. The van der Waals surface area contributed by atoms with Crippen LogP contribution in [0, 0.1) is 0 Å². The number of hydrogen-bond donors (Lipinski definition) is 3. The monoisotopic (exact) mass is 321 g/mol. The number of aliphatic carboxylic acids is 1. The topological polar surface area (TPSA) is 90.9 Å². The highest BCUT2D eigenvalue weighted by molar-refractivity contribution is 5.85. The predicted molar refractivity (Wildman–Crippen MR) is 84.9 cm³/mol. The van der Waals surface area contributed by atoms with Crippen molar-refractivity contribution in [3.63, 3.8) is 0 Å². The summed E-state index contributed by atoms with van der Waals surface area (Å²) in [7, 11) is 1.61. The quantitative estimate of drug-likeness (QED) is 0.692. The summed E-state index contributed by atoms with van der Waals surface area (Å²) in [4.78, 5) is 24.8. The summed E-state index contributed by atoms with van der Waals surface area (Å²) >= 11 is 0. The van der Waals surface area contributed by atoms with Crippen molar-refractivity contribution < 1.29 is 19.4 Å². The number of benzene rings is 1. The second kappa shape index (κ2) is 7.94. The molecule has 1 aliphatic rings. The Morgan fingerprint density at radius 1 is 1.30 bits per heavy atom. The van der Waals surface area contributed by atoms with Gasteiger partial charge in [0.1, 0.15) is 18.3 Å². The Morgan fingerprint density at radius 3 is 2.57 bits per heavy atom. The molecule has 1 amide bonds. The first kappa shape index (κ1) is 17.2. The molecule has 7 nitrogen and oxygen atoms in total. The summed E-state index contributed by atoms with van der Waals surface area (Å²) in [6.45, 7) is 2.09. The Morgan fingerprint density at radius 2 is 2.00 bits per heavy atom. The number of rotatable bonds is 7. The summed E-state index contributed by atoms with van der Waals surface area (Å²) in [5.74, 6) is -0.398. The normalized spacial score (nSPS) is 20.3. The molecule has 1 fully saturated rings. The van der Waals surface area contributed by atoms with Gasteiger partial charge in [0, 0.05) is 12.6 Å². The van der Waals surface area contributed by atoms with Gasteiger partial charge in [-0.15, -0.1) is 0 Å². The van der Waals surface area contributed by atoms with Crippen LogP contribution in [0.5, 0.6) is 5.75 Å². The van der Waals surface area contributed by atoms with Crippen LogP contribution in [0.1, 0.15) is 31.4 Å². The summed E-state index contributed by atoms with van der Waals surface area (Å²) in [6.07, 6.45) is 1.30. The van der Waals surface area contributed by atoms with Crippen molar-refractivity contribution in [1.29, 1.82) is 0 Å². The zero-order valence-corrected chi connectivity index (χ0v) is 13.4. The van der Waals surface area contributed by atoms with E-state index < -0.39 is 12.0 Å². The van der Waals surface area contributed by atoms with E-state index in [1.807, 2.05) is 31.2 Å². The number of carbonyl (C=O) groups is 2. The van der Waals surface area contributed by atoms with Crippen molar-refractivity contribution in [2.45, 2.75) is 31.8 Å². The summed E-state index contributed by atoms with van der Waals surface area (Å²) < 4.78 is 5.13. The second-order valence-electron chi connectivity index (χ2n) is 5.56. The van der Waals surface area contributed by atoms with Crippen molar-refractivity contribution in [2.24, 2.45) is 0 Å². The van der Waals surface area contributed by atoms with E-state index in [1.54, 1.807) is 7.11 Å². The number of methoxy groups -OCH3 is 1. The smallest absolute Gasteiger partial charge is 0.323 e. The zero-order chi connectivity index (χ0) is 16.8. The number of carboxylic acids is 1. The van der Waals surface area contributed by atoms with Crippen LogP contribution in [0.2, 0.25) is 0 Å². The average molecular weight is 321 g/mol. The first-order valence-corrected chi connectivity index (χ1v) is 7.70. The van der Waals surface area contributed by atoms with Gasteiger partial charge in [-0.2, -0.15) is 0 Å². The Bertz CT molecular complexity index is 547. The standard InChI is InChI=1S/C16H23N3O4/c1-3-8-19(10-15(20)21)16(22)14-9-13(17-18-14)11-4-6-12(23-2)7-5-11/h4-7,13-14,17-18H,3,8-10H2,1-2H3,(H,20,21). The van der Waals surface area contributed by atoms with E-state index in [2.05, 4.69) is 10.9 Å². The van der Waals surface area contributed by atoms with Crippen molar-refractivity contribution in [1.82, 2.24) is 15.8 Å². The number of amides is 1. The predicted octanol–water partition coefficient (Wildman–Crippen LogP) is 0.926. The van der Waals surface area contributed by atoms with Crippen molar-refractivity contribution in [3.8, 4) is 5.75 Å². The molecule has 0 bridgehead atoms. The lowest BCUT2D eigenvalue weighted by molar-refractivity contribution is -0.145. The number of carboxylic acid groups (broad SMARTS) is 1. The van der Waals surface area contributed by atoms with E-state index >= 15 is 0 Å². The van der Waals surface area contributed by atoms with Crippen molar-refractivity contribution in [3.05, 3.63) is 29.8 Å². The maximum absolute atomic E-state index is 12.5. The molecular weight excluding hydrogens is 298 g/mol. The summed E-state index contributed by atoms with van der Waals surface area (Å²) in [6, 6.07) is 7.23. The molecule has 0 aliphatic carbocycles. The number of nitrogens with zero attached hydrogens (tertiary/aromatic N) is 1. The molecule has 0 aromatic heterocycles. The fraction of sp³-hybridized carbons (Fsp3) is 0.500. The van der Waals surface area contributed by atoms with Gasteiger partial charge in [0.2, 0.25) is 5.91 Å². The Labute approximate surface area is 135 Å². The fourth-order valence-corrected chi connectivity index (χ4v) is 2.69. The highest BCUT2D eigenvalue weighted by atomic mass is 16.5. The molecule has 1 saturated heterocycles. The SMILES string of the molecule is CCCN(CC(=O)O)C(=O)C1CC(c2ccc(OC)cc2)NN1. The molecule has 2 atom stereocenters. The third kappa shape index (κ3) is 4.43. The number of hydrazine groups is 1. The number of nitrogens with one attached hydrogen (secondary N) is 2. The molecule has 0 saturated carbocycles. The van der Waals surface area contributed by atoms with Gasteiger partial charge in [0.25, 0.3) is 0 Å². The van der Waals surface area contributed by atoms with Gasteiger partial charge >= 0.3 is 5.97 Å². The minimum absolute atomic E-state index is 0.00293. The third-order valence-electron chi connectivity index (χ3n) is 3.85. The van der Waals surface area contributed by atoms with Crippen molar-refractivity contribution >= 4 is 11.9 Å². The third-order valence-corrected chi connectivity index (χ3v) is 3.85. The van der Waals surface area contributed by atoms with Crippen molar-refractivity contribution in [2.75, 3.05) is 20.2 Å². The maximum atomic E-state index is 12.5. The molecule has 0 spiro atoms. The Balaban J connectivity index is 1.99. The maximum Gasteiger partial charge on any atom is 0.323 e. The van der Waals surface area contributed by atoms with E-state index in [1.165, 1.54) is 4.90 Å². The van der Waals surface area contributed by atoms with E-state index in [0.29, 0.717) is 13.0 Å². The summed E-state index contributed by atoms with van der Waals surface area (Å²) in [5.41, 5.74) is 7.14. The first-order chi connectivity index (χ1) is 11.0. The van der Waals surface area contributed by atoms with Crippen LogP contribution in [-0.4, -0.2) is 48.1 Å². The van der Waals surface area contributed by atoms with Crippen LogP contribution < -0.4 is 15.6 Å². The molecule has 1 heterocycles. The van der Waals surface area contributed by atoms with Gasteiger partial charge in [0.05, 0.1) is 7.11 Å². The minimum atomic E-state index is -0.996. The van der Waals surface area contributed by atoms with Gasteiger partial charge in [-0.05, 0) is 30.5 Å². The van der Waals surface area contributed by atoms with Crippen LogP contribution >= 0.6 is 0 Å². The molecular formula is C16H23N3O4. The van der Waals surface area contributed by atoms with E-state index in [4.69, 9.17) is 9.84 Å². The molecule has 0 radical (unpaired) electrons. The Kier molecular flexibility index (Phi) is 5.95. The number of carbonyl (C=O) groups excluding carboxylic acids is 1. The molecule has 3 N–H and O–H groups in total. The molecule has 2 rings (SSSR count). The van der Waals surface area contributed by atoms with Gasteiger partial charge in [-0.3, -0.25) is 9.59 Å². The van der Waals surface area contributed by atoms with Crippen LogP contribution in [0.25, 0.3) is 0 Å². The largest absolute Gasteiger partial charge is 0.497 e. The van der Waals surface area contributed by atoms with Crippen LogP contribution in [0.3, 0.4) is 0 Å². The molecule has 1 aromatic carbocycles. The van der Waals surface area contributed by atoms with Gasteiger partial charge in [0.15, 0.2) is 0 Å². The fourth-order valence-electron chi connectivity index (χ4n) is 2.69. The van der Waals surface area contributed by atoms with E-state index in [0.717, 1.165) is 17.7 Å². The lowest BCUT2D eigenvalue weighted by atomic mass is 10.0. The molecule has 23 heavy (non-hydrogen) atoms. The zero-order valence-electron chi connectivity index (χ0n) is 13.4. The summed E-state index contributed by atoms with van der Waals surface area (Å²) in [5, 5.41) is 8.94. The molecule has 2 unspecified atom stereocenters. The lowest BCUT2D eigenvalue weighted by Gasteiger charge is -2.23. The molecule has 7 heteroatoms. The van der Waals surface area contributed by atoms with Gasteiger partial charge in [-0.25, -0.2) is 10.9 Å². The average Bonchev–Trinajstić information content (AvgIpc) is 3.03. The van der Waals surface area contributed by atoms with Gasteiger partial charge in [-0.1, -0.05) is 19.1 Å². The van der Waals surface area contributed by atoms with E-state index in [-0.39, 0.29) is 18.5 Å². The molecule has 1 aliphatic heterocycles. The Hall–Kier alpha value is -2.12. The van der Waals surface area contributed by atoms with Crippen LogP contribution in [0.4, 0.5) is 0 Å².